The van der Waals surface area contributed by atoms with Crippen LogP contribution in [0.5, 0.6) is 0 Å². The zero-order chi connectivity index (χ0) is 9.14. The summed E-state index contributed by atoms with van der Waals surface area (Å²) in [6.45, 7) is 1.75. The Bertz CT molecular complexity index is 280. The van der Waals surface area contributed by atoms with Gasteiger partial charge in [-0.25, -0.2) is 10.3 Å². The molecular weight excluding hydrogens is 181 g/mol. The third-order valence-electron chi connectivity index (χ3n) is 1.62. The highest BCUT2D eigenvalue weighted by molar-refractivity contribution is 6.30. The molecule has 0 aliphatic rings. The van der Waals surface area contributed by atoms with Crippen molar-refractivity contribution in [2.75, 3.05) is 0 Å². The first-order chi connectivity index (χ1) is 5.65. The molecule has 66 valence electrons. The predicted molar refractivity (Wildman–Crippen MR) is 45.1 cm³/mol. The molecule has 0 fully saturated rings. The number of rotatable bonds is 2. The van der Waals surface area contributed by atoms with Crippen molar-refractivity contribution in [3.63, 3.8) is 0 Å². The molecule has 0 amide bonds. The lowest BCUT2D eigenvalue weighted by atomic mass is 10.1. The molecule has 0 aliphatic heterocycles. The van der Waals surface area contributed by atoms with Crippen molar-refractivity contribution >= 4 is 11.6 Å². The lowest BCUT2D eigenvalue weighted by molar-refractivity contribution is 0.0664. The highest BCUT2D eigenvalue weighted by Crippen LogP contribution is 2.21. The molecule has 0 radical (unpaired) electrons. The van der Waals surface area contributed by atoms with Crippen molar-refractivity contribution in [1.82, 2.24) is 0 Å². The minimum absolute atomic E-state index is 0.0800. The molecule has 1 unspecified atom stereocenters. The van der Waals surface area contributed by atoms with Crippen molar-refractivity contribution in [3.8, 4) is 0 Å². The molecule has 12 heavy (non-hydrogen) atoms. The topological polar surface area (TPSA) is 35.2 Å². The van der Waals surface area contributed by atoms with Gasteiger partial charge in [-0.15, -0.1) is 0 Å². The van der Waals surface area contributed by atoms with E-state index in [9.17, 15) is 4.39 Å². The van der Waals surface area contributed by atoms with Gasteiger partial charge in [0.05, 0.1) is 5.02 Å². The first kappa shape index (κ1) is 9.45. The van der Waals surface area contributed by atoms with Crippen LogP contribution in [0.1, 0.15) is 18.6 Å². The number of nitrogens with two attached hydrogens (primary N) is 1. The van der Waals surface area contributed by atoms with E-state index in [0.717, 1.165) is 5.56 Å². The fourth-order valence-corrected chi connectivity index (χ4v) is 1.03. The fourth-order valence-electron chi connectivity index (χ4n) is 0.844. The van der Waals surface area contributed by atoms with Crippen LogP contribution in [0.3, 0.4) is 0 Å². The van der Waals surface area contributed by atoms with Crippen LogP contribution in [0.2, 0.25) is 5.02 Å². The van der Waals surface area contributed by atoms with Crippen molar-refractivity contribution in [2.45, 2.75) is 13.0 Å². The number of benzene rings is 1. The molecule has 4 heteroatoms. The van der Waals surface area contributed by atoms with E-state index in [1.165, 1.54) is 12.1 Å². The van der Waals surface area contributed by atoms with E-state index in [1.54, 1.807) is 13.0 Å². The zero-order valence-corrected chi connectivity index (χ0v) is 7.31. The number of halogens is 2. The Kier molecular flexibility index (Phi) is 3.03. The molecule has 0 spiro atoms. The van der Waals surface area contributed by atoms with Gasteiger partial charge in [-0.2, -0.15) is 0 Å². The monoisotopic (exact) mass is 189 g/mol. The third kappa shape index (κ3) is 1.94. The minimum atomic E-state index is -0.440. The summed E-state index contributed by atoms with van der Waals surface area (Å²) in [6.07, 6.45) is -0.275. The van der Waals surface area contributed by atoms with Gasteiger partial charge in [-0.3, -0.25) is 4.84 Å². The van der Waals surface area contributed by atoms with Gasteiger partial charge in [-0.05, 0) is 24.6 Å². The van der Waals surface area contributed by atoms with Crippen molar-refractivity contribution < 1.29 is 9.23 Å². The number of hydrogen-bond donors (Lipinski definition) is 1. The van der Waals surface area contributed by atoms with E-state index < -0.39 is 5.82 Å². The van der Waals surface area contributed by atoms with Crippen LogP contribution < -0.4 is 5.90 Å². The quantitative estimate of drug-likeness (QED) is 0.726. The zero-order valence-electron chi connectivity index (χ0n) is 6.55. The molecule has 1 atom stereocenters. The van der Waals surface area contributed by atoms with Crippen molar-refractivity contribution in [3.05, 3.63) is 34.6 Å². The van der Waals surface area contributed by atoms with Gasteiger partial charge in [0, 0.05) is 0 Å². The average Bonchev–Trinajstić information content (AvgIpc) is 2.08. The van der Waals surface area contributed by atoms with E-state index in [2.05, 4.69) is 4.84 Å². The maximum Gasteiger partial charge on any atom is 0.141 e. The molecule has 1 rings (SSSR count). The van der Waals surface area contributed by atoms with Crippen LogP contribution in [0.25, 0.3) is 0 Å². The minimum Gasteiger partial charge on any atom is -0.297 e. The van der Waals surface area contributed by atoms with E-state index in [4.69, 9.17) is 17.5 Å². The molecule has 0 saturated carbocycles. The van der Waals surface area contributed by atoms with Crippen LogP contribution in [-0.4, -0.2) is 0 Å². The second kappa shape index (κ2) is 3.85. The molecule has 2 nitrogen and oxygen atoms in total. The van der Waals surface area contributed by atoms with Crippen LogP contribution in [0, 0.1) is 5.82 Å². The SMILES string of the molecule is CC(ON)c1ccc(F)c(Cl)c1. The predicted octanol–water partition coefficient (Wildman–Crippen LogP) is 2.43. The molecule has 1 aromatic carbocycles. The number of hydrogen-bond acceptors (Lipinski definition) is 2. The van der Waals surface area contributed by atoms with Gasteiger partial charge >= 0.3 is 0 Å². The second-order valence-corrected chi connectivity index (χ2v) is 2.86. The maximum absolute atomic E-state index is 12.7. The van der Waals surface area contributed by atoms with Gasteiger partial charge in [0.15, 0.2) is 0 Å². The van der Waals surface area contributed by atoms with Crippen LogP contribution in [-0.2, 0) is 4.84 Å². The molecular formula is C8H9ClFNO. The van der Waals surface area contributed by atoms with Crippen molar-refractivity contribution in [1.29, 1.82) is 0 Å². The first-order valence-corrected chi connectivity index (χ1v) is 3.83. The Labute approximate surface area is 75.0 Å². The van der Waals surface area contributed by atoms with Crippen LogP contribution in [0.4, 0.5) is 4.39 Å². The Balaban J connectivity index is 2.96. The van der Waals surface area contributed by atoms with Gasteiger partial charge in [-0.1, -0.05) is 17.7 Å². The molecule has 2 N–H and O–H groups in total. The van der Waals surface area contributed by atoms with E-state index in [0.29, 0.717) is 0 Å². The largest absolute Gasteiger partial charge is 0.297 e. The summed E-state index contributed by atoms with van der Waals surface area (Å²) >= 11 is 5.54. The molecule has 0 bridgehead atoms. The highest BCUT2D eigenvalue weighted by Gasteiger charge is 2.06. The average molecular weight is 190 g/mol. The lowest BCUT2D eigenvalue weighted by Crippen LogP contribution is -2.05. The lowest BCUT2D eigenvalue weighted by Gasteiger charge is -2.08. The maximum atomic E-state index is 12.7. The smallest absolute Gasteiger partial charge is 0.141 e. The molecule has 1 aromatic rings. The molecule has 0 saturated heterocycles. The molecule has 0 aliphatic carbocycles. The summed E-state index contributed by atoms with van der Waals surface area (Å²) in [5, 5.41) is 0.0800. The van der Waals surface area contributed by atoms with Gasteiger partial charge < -0.3 is 0 Å². The molecule has 0 aromatic heterocycles. The Morgan fingerprint density at radius 1 is 1.58 bits per heavy atom. The molecule has 0 heterocycles. The second-order valence-electron chi connectivity index (χ2n) is 2.45. The van der Waals surface area contributed by atoms with Gasteiger partial charge in [0.2, 0.25) is 0 Å². The summed E-state index contributed by atoms with van der Waals surface area (Å²) in [5.74, 6) is 4.52. The highest BCUT2D eigenvalue weighted by atomic mass is 35.5. The van der Waals surface area contributed by atoms with E-state index in [-0.39, 0.29) is 11.1 Å². The van der Waals surface area contributed by atoms with Crippen molar-refractivity contribution in [2.24, 2.45) is 5.90 Å². The summed E-state index contributed by atoms with van der Waals surface area (Å²) < 4.78 is 12.7. The van der Waals surface area contributed by atoms with Crippen LogP contribution in [0.15, 0.2) is 18.2 Å². The van der Waals surface area contributed by atoms with Gasteiger partial charge in [0.1, 0.15) is 11.9 Å². The van der Waals surface area contributed by atoms with Crippen LogP contribution >= 0.6 is 11.6 Å². The summed E-state index contributed by atoms with van der Waals surface area (Å²) in [5.41, 5.74) is 0.754. The normalized spacial score (nSPS) is 13.0. The Hall–Kier alpha value is -0.640. The summed E-state index contributed by atoms with van der Waals surface area (Å²) in [7, 11) is 0. The van der Waals surface area contributed by atoms with E-state index in [1.807, 2.05) is 0 Å². The van der Waals surface area contributed by atoms with Gasteiger partial charge in [0.25, 0.3) is 0 Å². The van der Waals surface area contributed by atoms with E-state index >= 15 is 0 Å². The summed E-state index contributed by atoms with van der Waals surface area (Å²) in [6, 6.07) is 4.36. The summed E-state index contributed by atoms with van der Waals surface area (Å²) in [4.78, 5) is 4.55. The Morgan fingerprint density at radius 3 is 2.75 bits per heavy atom. The Morgan fingerprint density at radius 2 is 2.25 bits per heavy atom. The first-order valence-electron chi connectivity index (χ1n) is 3.45. The standard InChI is InChI=1S/C8H9ClFNO/c1-5(12-11)6-2-3-8(10)7(9)4-6/h2-5H,11H2,1H3. The third-order valence-corrected chi connectivity index (χ3v) is 1.91. The fraction of sp³-hybridized carbons (Fsp3) is 0.250.